The van der Waals surface area contributed by atoms with Crippen molar-refractivity contribution in [3.63, 3.8) is 0 Å². The van der Waals surface area contributed by atoms with Crippen LogP contribution in [-0.4, -0.2) is 47.0 Å². The molecule has 28 heavy (non-hydrogen) atoms. The molecule has 0 aliphatic heterocycles. The van der Waals surface area contributed by atoms with Crippen LogP contribution in [0.1, 0.15) is 38.5 Å². The highest BCUT2D eigenvalue weighted by molar-refractivity contribution is 7.71. The van der Waals surface area contributed by atoms with E-state index in [4.69, 9.17) is 21.7 Å². The molecule has 8 heteroatoms. The van der Waals surface area contributed by atoms with E-state index in [1.54, 1.807) is 11.7 Å². The number of amides is 1. The van der Waals surface area contributed by atoms with E-state index in [-0.39, 0.29) is 12.5 Å². The van der Waals surface area contributed by atoms with Crippen LogP contribution >= 0.6 is 12.2 Å². The first-order valence-corrected chi connectivity index (χ1v) is 10.3. The SMILES string of the molecule is COc1ccc(-c2n[nH]c(=S)n2CC(=O)NCCCOC2CCCCC2)cc1. The minimum atomic E-state index is -0.0927. The van der Waals surface area contributed by atoms with Crippen LogP contribution in [0, 0.1) is 4.77 Å². The van der Waals surface area contributed by atoms with E-state index in [1.165, 1.54) is 32.1 Å². The number of hydrogen-bond donors (Lipinski definition) is 2. The average Bonchev–Trinajstić information content (AvgIpc) is 3.09. The smallest absolute Gasteiger partial charge is 0.240 e. The van der Waals surface area contributed by atoms with Crippen molar-refractivity contribution < 1.29 is 14.3 Å². The number of ether oxygens (including phenoxy) is 2. The molecule has 7 nitrogen and oxygen atoms in total. The Labute approximate surface area is 170 Å². The Kier molecular flexibility index (Phi) is 7.62. The first kappa shape index (κ1) is 20.5. The zero-order valence-corrected chi connectivity index (χ0v) is 17.1. The Balaban J connectivity index is 1.47. The largest absolute Gasteiger partial charge is 0.497 e. The van der Waals surface area contributed by atoms with Crippen molar-refractivity contribution in [3.8, 4) is 17.1 Å². The number of methoxy groups -OCH3 is 1. The summed E-state index contributed by atoms with van der Waals surface area (Å²) in [5.41, 5.74) is 0.863. The third-order valence-corrected chi connectivity index (χ3v) is 5.27. The topological polar surface area (TPSA) is 81.2 Å². The molecule has 1 aliphatic rings. The maximum Gasteiger partial charge on any atom is 0.240 e. The average molecular weight is 405 g/mol. The maximum absolute atomic E-state index is 12.3. The third kappa shape index (κ3) is 5.65. The molecule has 1 amide bonds. The van der Waals surface area contributed by atoms with Crippen molar-refractivity contribution in [2.45, 2.75) is 51.2 Å². The highest BCUT2D eigenvalue weighted by Gasteiger charge is 2.14. The van der Waals surface area contributed by atoms with Crippen LogP contribution in [0.4, 0.5) is 0 Å². The molecule has 1 aromatic carbocycles. The maximum atomic E-state index is 12.3. The summed E-state index contributed by atoms with van der Waals surface area (Å²) in [5.74, 6) is 1.30. The highest BCUT2D eigenvalue weighted by Crippen LogP contribution is 2.21. The molecule has 1 aromatic heterocycles. The molecule has 1 heterocycles. The Morgan fingerprint density at radius 1 is 1.29 bits per heavy atom. The van der Waals surface area contributed by atoms with E-state index in [0.29, 0.717) is 29.9 Å². The Bertz CT molecular complexity index is 810. The summed E-state index contributed by atoms with van der Waals surface area (Å²) >= 11 is 5.29. The van der Waals surface area contributed by atoms with Crippen LogP contribution in [0.15, 0.2) is 24.3 Å². The van der Waals surface area contributed by atoms with Gasteiger partial charge in [0.25, 0.3) is 0 Å². The third-order valence-electron chi connectivity index (χ3n) is 4.96. The lowest BCUT2D eigenvalue weighted by molar-refractivity contribution is -0.121. The summed E-state index contributed by atoms with van der Waals surface area (Å²) in [5, 5.41) is 9.96. The molecule has 1 fully saturated rings. The second kappa shape index (κ2) is 10.4. The fraction of sp³-hybridized carbons (Fsp3) is 0.550. The summed E-state index contributed by atoms with van der Waals surface area (Å²) in [6.45, 7) is 1.40. The summed E-state index contributed by atoms with van der Waals surface area (Å²) in [7, 11) is 1.62. The summed E-state index contributed by atoms with van der Waals surface area (Å²) < 4.78 is 13.2. The van der Waals surface area contributed by atoms with Crippen molar-refractivity contribution in [3.05, 3.63) is 29.0 Å². The van der Waals surface area contributed by atoms with Crippen molar-refractivity contribution in [1.29, 1.82) is 0 Å². The Morgan fingerprint density at radius 2 is 2.04 bits per heavy atom. The molecule has 0 spiro atoms. The van der Waals surface area contributed by atoms with Crippen LogP contribution in [0.25, 0.3) is 11.4 Å². The minimum Gasteiger partial charge on any atom is -0.497 e. The van der Waals surface area contributed by atoms with Gasteiger partial charge in [0.15, 0.2) is 10.6 Å². The second-order valence-electron chi connectivity index (χ2n) is 7.00. The van der Waals surface area contributed by atoms with E-state index < -0.39 is 0 Å². The molecular formula is C20H28N4O3S. The molecule has 2 aromatic rings. The molecule has 0 atom stereocenters. The lowest BCUT2D eigenvalue weighted by atomic mass is 9.98. The predicted molar refractivity (Wildman–Crippen MR) is 110 cm³/mol. The Morgan fingerprint density at radius 3 is 2.75 bits per heavy atom. The number of benzene rings is 1. The number of carbonyl (C=O) groups is 1. The van der Waals surface area contributed by atoms with Gasteiger partial charge in [-0.15, -0.1) is 0 Å². The van der Waals surface area contributed by atoms with E-state index in [0.717, 1.165) is 17.7 Å². The van der Waals surface area contributed by atoms with Crippen LogP contribution in [-0.2, 0) is 16.1 Å². The van der Waals surface area contributed by atoms with Crippen LogP contribution in [0.5, 0.6) is 5.75 Å². The molecule has 152 valence electrons. The zero-order chi connectivity index (χ0) is 19.8. The van der Waals surface area contributed by atoms with Gasteiger partial charge in [-0.2, -0.15) is 5.10 Å². The van der Waals surface area contributed by atoms with Gasteiger partial charge < -0.3 is 14.8 Å². The van der Waals surface area contributed by atoms with E-state index >= 15 is 0 Å². The zero-order valence-electron chi connectivity index (χ0n) is 16.3. The van der Waals surface area contributed by atoms with Crippen molar-refractivity contribution in [2.75, 3.05) is 20.3 Å². The molecule has 0 unspecified atom stereocenters. The monoisotopic (exact) mass is 404 g/mol. The standard InChI is InChI=1S/C20H28N4O3S/c1-26-16-10-8-15(9-11-16)19-22-23-20(28)24(19)14-18(25)21-12-5-13-27-17-6-3-2-4-7-17/h8-11,17H,2-7,12-14H2,1H3,(H,21,25)(H,23,28). The fourth-order valence-electron chi connectivity index (χ4n) is 3.41. The summed E-state index contributed by atoms with van der Waals surface area (Å²) in [6.07, 6.45) is 7.40. The van der Waals surface area contributed by atoms with Gasteiger partial charge >= 0.3 is 0 Å². The number of aromatic amines is 1. The predicted octanol–water partition coefficient (Wildman–Crippen LogP) is 3.47. The van der Waals surface area contributed by atoms with E-state index in [9.17, 15) is 4.79 Å². The van der Waals surface area contributed by atoms with Crippen LogP contribution in [0.3, 0.4) is 0 Å². The molecule has 1 saturated carbocycles. The lowest BCUT2D eigenvalue weighted by Gasteiger charge is -2.21. The van der Waals surface area contributed by atoms with Gasteiger partial charge in [0.05, 0.1) is 13.2 Å². The lowest BCUT2D eigenvalue weighted by Crippen LogP contribution is -2.29. The van der Waals surface area contributed by atoms with Gasteiger partial charge in [-0.25, -0.2) is 0 Å². The van der Waals surface area contributed by atoms with Crippen molar-refractivity contribution in [2.24, 2.45) is 0 Å². The summed E-state index contributed by atoms with van der Waals surface area (Å²) in [4.78, 5) is 12.3. The summed E-state index contributed by atoms with van der Waals surface area (Å²) in [6, 6.07) is 7.48. The van der Waals surface area contributed by atoms with Gasteiger partial charge in [-0.05, 0) is 55.7 Å². The molecule has 1 aliphatic carbocycles. The number of nitrogens with one attached hydrogen (secondary N) is 2. The fourth-order valence-corrected chi connectivity index (χ4v) is 3.60. The highest BCUT2D eigenvalue weighted by atomic mass is 32.1. The molecule has 3 rings (SSSR count). The number of aromatic nitrogens is 3. The first-order valence-electron chi connectivity index (χ1n) is 9.85. The van der Waals surface area contributed by atoms with Crippen molar-refractivity contribution in [1.82, 2.24) is 20.1 Å². The normalized spacial score (nSPS) is 14.8. The minimum absolute atomic E-state index is 0.0927. The number of carbonyl (C=O) groups excluding carboxylic acids is 1. The quantitative estimate of drug-likeness (QED) is 0.494. The molecule has 2 N–H and O–H groups in total. The van der Waals surface area contributed by atoms with Gasteiger partial charge in [0.2, 0.25) is 5.91 Å². The van der Waals surface area contributed by atoms with Crippen molar-refractivity contribution >= 4 is 18.1 Å². The molecule has 0 bridgehead atoms. The molecule has 0 radical (unpaired) electrons. The number of nitrogens with zero attached hydrogens (tertiary/aromatic N) is 2. The van der Waals surface area contributed by atoms with Crippen LogP contribution in [0.2, 0.25) is 0 Å². The number of H-pyrrole nitrogens is 1. The Hall–Kier alpha value is -2.19. The van der Waals surface area contributed by atoms with Gasteiger partial charge in [-0.1, -0.05) is 19.3 Å². The number of rotatable bonds is 9. The molecular weight excluding hydrogens is 376 g/mol. The van der Waals surface area contributed by atoms with E-state index in [2.05, 4.69) is 15.5 Å². The first-order chi connectivity index (χ1) is 13.7. The van der Waals surface area contributed by atoms with Gasteiger partial charge in [-0.3, -0.25) is 14.5 Å². The van der Waals surface area contributed by atoms with Crippen LogP contribution < -0.4 is 10.1 Å². The second-order valence-corrected chi connectivity index (χ2v) is 7.39. The van der Waals surface area contributed by atoms with Gasteiger partial charge in [0.1, 0.15) is 12.3 Å². The molecule has 0 saturated heterocycles. The van der Waals surface area contributed by atoms with E-state index in [1.807, 2.05) is 24.3 Å². The van der Waals surface area contributed by atoms with Gasteiger partial charge in [0, 0.05) is 18.7 Å². The number of hydrogen-bond acceptors (Lipinski definition) is 5.